The van der Waals surface area contributed by atoms with Gasteiger partial charge < -0.3 is 15.5 Å². The molecule has 1 aromatic heterocycles. The molecule has 0 radical (unpaired) electrons. The van der Waals surface area contributed by atoms with E-state index in [9.17, 15) is 4.79 Å². The third-order valence-electron chi connectivity index (χ3n) is 4.48. The molecule has 0 atom stereocenters. The number of rotatable bonds is 6. The lowest BCUT2D eigenvalue weighted by Crippen LogP contribution is -2.49. The minimum atomic E-state index is -0.301. The standard InChI is InChI=1S/C18H29N5O/c1-4-19-17(21-13-15-9-5-8-12-20-15)22-14-18(10-6-7-11-18)16(24)23(2)3/h5,8-9,12H,4,6-7,10-11,13-14H2,1-3H3,(H2,19,21,22). The molecule has 1 heterocycles. The predicted octanol–water partition coefficient (Wildman–Crippen LogP) is 1.79. The molecule has 24 heavy (non-hydrogen) atoms. The first-order chi connectivity index (χ1) is 11.6. The maximum absolute atomic E-state index is 12.6. The number of hydrogen-bond donors (Lipinski definition) is 2. The van der Waals surface area contributed by atoms with E-state index in [1.165, 1.54) is 0 Å². The summed E-state index contributed by atoms with van der Waals surface area (Å²) in [5.41, 5.74) is 0.625. The fourth-order valence-electron chi connectivity index (χ4n) is 3.24. The molecule has 0 saturated heterocycles. The molecule has 1 saturated carbocycles. The van der Waals surface area contributed by atoms with Crippen molar-refractivity contribution in [3.8, 4) is 0 Å². The van der Waals surface area contributed by atoms with Crippen LogP contribution in [0.2, 0.25) is 0 Å². The summed E-state index contributed by atoms with van der Waals surface area (Å²) in [7, 11) is 3.67. The second kappa shape index (κ2) is 8.66. The van der Waals surface area contributed by atoms with Crippen LogP contribution in [-0.2, 0) is 11.3 Å². The highest BCUT2D eigenvalue weighted by atomic mass is 16.2. The van der Waals surface area contributed by atoms with Gasteiger partial charge in [0.25, 0.3) is 0 Å². The first-order valence-electron chi connectivity index (χ1n) is 8.71. The Bertz CT molecular complexity index is 550. The zero-order valence-corrected chi connectivity index (χ0v) is 15.0. The van der Waals surface area contributed by atoms with E-state index in [4.69, 9.17) is 0 Å². The van der Waals surface area contributed by atoms with Gasteiger partial charge in [-0.25, -0.2) is 4.99 Å². The molecule has 0 unspecified atom stereocenters. The summed E-state index contributed by atoms with van der Waals surface area (Å²) in [6, 6.07) is 5.82. The van der Waals surface area contributed by atoms with Gasteiger partial charge in [0.15, 0.2) is 5.96 Å². The normalized spacial score (nSPS) is 16.7. The molecule has 1 fully saturated rings. The van der Waals surface area contributed by atoms with Crippen molar-refractivity contribution in [2.45, 2.75) is 39.2 Å². The molecule has 0 bridgehead atoms. The van der Waals surface area contributed by atoms with Crippen LogP contribution in [0, 0.1) is 5.41 Å². The lowest BCUT2D eigenvalue weighted by Gasteiger charge is -2.31. The van der Waals surface area contributed by atoms with Crippen LogP contribution in [0.3, 0.4) is 0 Å². The van der Waals surface area contributed by atoms with Crippen LogP contribution in [0.25, 0.3) is 0 Å². The number of nitrogens with zero attached hydrogens (tertiary/aromatic N) is 3. The molecule has 0 aliphatic heterocycles. The Morgan fingerprint density at radius 2 is 2.04 bits per heavy atom. The third-order valence-corrected chi connectivity index (χ3v) is 4.48. The maximum Gasteiger partial charge on any atom is 0.230 e. The SMILES string of the molecule is CCNC(=NCc1ccccn1)NCC1(C(=O)N(C)C)CCCC1. The van der Waals surface area contributed by atoms with Gasteiger partial charge in [-0.3, -0.25) is 9.78 Å². The third kappa shape index (κ3) is 4.69. The van der Waals surface area contributed by atoms with Crippen LogP contribution in [-0.4, -0.2) is 48.9 Å². The van der Waals surface area contributed by atoms with E-state index in [-0.39, 0.29) is 11.3 Å². The zero-order chi connectivity index (χ0) is 17.4. The summed E-state index contributed by atoms with van der Waals surface area (Å²) in [5, 5.41) is 6.62. The molecule has 1 aromatic rings. The van der Waals surface area contributed by atoms with E-state index in [1.54, 1.807) is 11.1 Å². The van der Waals surface area contributed by atoms with Crippen molar-refractivity contribution in [2.75, 3.05) is 27.2 Å². The van der Waals surface area contributed by atoms with Crippen molar-refractivity contribution in [1.29, 1.82) is 0 Å². The van der Waals surface area contributed by atoms with Gasteiger partial charge in [0.1, 0.15) is 0 Å². The highest BCUT2D eigenvalue weighted by Gasteiger charge is 2.42. The van der Waals surface area contributed by atoms with Crippen LogP contribution in [0.1, 0.15) is 38.3 Å². The van der Waals surface area contributed by atoms with E-state index in [1.807, 2.05) is 39.2 Å². The van der Waals surface area contributed by atoms with Gasteiger partial charge in [-0.2, -0.15) is 0 Å². The predicted molar refractivity (Wildman–Crippen MR) is 96.7 cm³/mol. The van der Waals surface area contributed by atoms with Gasteiger partial charge >= 0.3 is 0 Å². The van der Waals surface area contributed by atoms with Crippen molar-refractivity contribution in [3.05, 3.63) is 30.1 Å². The van der Waals surface area contributed by atoms with Gasteiger partial charge in [-0.05, 0) is 31.9 Å². The summed E-state index contributed by atoms with van der Waals surface area (Å²) in [4.78, 5) is 23.2. The van der Waals surface area contributed by atoms with Gasteiger partial charge in [0.2, 0.25) is 5.91 Å². The van der Waals surface area contributed by atoms with Crippen molar-refractivity contribution < 1.29 is 4.79 Å². The molecule has 1 aliphatic carbocycles. The number of carbonyl (C=O) groups is 1. The average molecular weight is 331 g/mol. The number of aliphatic imine (C=N–C) groups is 1. The van der Waals surface area contributed by atoms with Crippen LogP contribution >= 0.6 is 0 Å². The molecule has 0 spiro atoms. The molecular formula is C18H29N5O. The summed E-state index contributed by atoms with van der Waals surface area (Å²) < 4.78 is 0. The second-order valence-electron chi connectivity index (χ2n) is 6.56. The van der Waals surface area contributed by atoms with Crippen molar-refractivity contribution >= 4 is 11.9 Å². The van der Waals surface area contributed by atoms with E-state index in [0.717, 1.165) is 43.9 Å². The molecule has 132 valence electrons. The van der Waals surface area contributed by atoms with Crippen LogP contribution in [0.4, 0.5) is 0 Å². The van der Waals surface area contributed by atoms with Gasteiger partial charge in [0, 0.05) is 33.4 Å². The molecule has 6 nitrogen and oxygen atoms in total. The lowest BCUT2D eigenvalue weighted by molar-refractivity contribution is -0.138. The number of aromatic nitrogens is 1. The number of guanidine groups is 1. The Balaban J connectivity index is 2.02. The van der Waals surface area contributed by atoms with Gasteiger partial charge in [-0.1, -0.05) is 18.9 Å². The van der Waals surface area contributed by atoms with Crippen LogP contribution in [0.15, 0.2) is 29.4 Å². The Morgan fingerprint density at radius 3 is 2.62 bits per heavy atom. The summed E-state index contributed by atoms with van der Waals surface area (Å²) >= 11 is 0. The van der Waals surface area contributed by atoms with Crippen molar-refractivity contribution in [1.82, 2.24) is 20.5 Å². The van der Waals surface area contributed by atoms with E-state index < -0.39 is 0 Å². The Hall–Kier alpha value is -2.11. The van der Waals surface area contributed by atoms with E-state index in [0.29, 0.717) is 13.1 Å². The van der Waals surface area contributed by atoms with Crippen LogP contribution < -0.4 is 10.6 Å². The summed E-state index contributed by atoms with van der Waals surface area (Å²) in [5.74, 6) is 0.953. The fourth-order valence-corrected chi connectivity index (χ4v) is 3.24. The average Bonchev–Trinajstić information content (AvgIpc) is 3.07. The first kappa shape index (κ1) is 18.2. The molecule has 0 aromatic carbocycles. The molecule has 1 amide bonds. The number of pyridine rings is 1. The Labute approximate surface area is 144 Å². The van der Waals surface area contributed by atoms with E-state index >= 15 is 0 Å². The fraction of sp³-hybridized carbons (Fsp3) is 0.611. The number of hydrogen-bond acceptors (Lipinski definition) is 3. The quantitative estimate of drug-likeness (QED) is 0.616. The van der Waals surface area contributed by atoms with E-state index in [2.05, 4.69) is 20.6 Å². The molecule has 2 rings (SSSR count). The second-order valence-corrected chi connectivity index (χ2v) is 6.56. The minimum Gasteiger partial charge on any atom is -0.357 e. The summed E-state index contributed by atoms with van der Waals surface area (Å²) in [6.07, 6.45) is 5.88. The smallest absolute Gasteiger partial charge is 0.230 e. The monoisotopic (exact) mass is 331 g/mol. The topological polar surface area (TPSA) is 69.6 Å². The van der Waals surface area contributed by atoms with Gasteiger partial charge in [-0.15, -0.1) is 0 Å². The Kier molecular flexibility index (Phi) is 6.58. The van der Waals surface area contributed by atoms with Gasteiger partial charge in [0.05, 0.1) is 17.7 Å². The number of nitrogens with one attached hydrogen (secondary N) is 2. The van der Waals surface area contributed by atoms with Crippen molar-refractivity contribution in [2.24, 2.45) is 10.4 Å². The number of carbonyl (C=O) groups excluding carboxylic acids is 1. The highest BCUT2D eigenvalue weighted by molar-refractivity contribution is 5.85. The Morgan fingerprint density at radius 1 is 1.29 bits per heavy atom. The number of amides is 1. The maximum atomic E-state index is 12.6. The molecular weight excluding hydrogens is 302 g/mol. The zero-order valence-electron chi connectivity index (χ0n) is 15.0. The lowest BCUT2D eigenvalue weighted by atomic mass is 9.84. The highest BCUT2D eigenvalue weighted by Crippen LogP contribution is 2.38. The van der Waals surface area contributed by atoms with Crippen molar-refractivity contribution in [3.63, 3.8) is 0 Å². The molecule has 6 heteroatoms. The first-order valence-corrected chi connectivity index (χ1v) is 8.71. The largest absolute Gasteiger partial charge is 0.357 e. The summed E-state index contributed by atoms with van der Waals surface area (Å²) in [6.45, 7) is 3.96. The minimum absolute atomic E-state index is 0.216. The van der Waals surface area contributed by atoms with Crippen LogP contribution in [0.5, 0.6) is 0 Å². The molecule has 2 N–H and O–H groups in total. The molecule has 1 aliphatic rings.